The maximum atomic E-state index is 13.9. The zero-order valence-electron chi connectivity index (χ0n) is 15.1. The number of amides is 3. The SMILES string of the molecule is C[C@@H]1CN2C(=O)CN(C(=O)Nc3ccc(F)c(F)c3F)C[C@H]2c2ccccc21. The van der Waals surface area contributed by atoms with Crippen molar-refractivity contribution in [2.24, 2.45) is 0 Å². The fourth-order valence-corrected chi connectivity index (χ4v) is 3.92. The minimum absolute atomic E-state index is 0.164. The largest absolute Gasteiger partial charge is 0.332 e. The Morgan fingerprint density at radius 1 is 1.04 bits per heavy atom. The number of hydrogen-bond donors (Lipinski definition) is 1. The zero-order chi connectivity index (χ0) is 20.0. The van der Waals surface area contributed by atoms with E-state index in [1.807, 2.05) is 31.2 Å². The van der Waals surface area contributed by atoms with Crippen LogP contribution >= 0.6 is 0 Å². The number of anilines is 1. The molecule has 3 amide bonds. The highest BCUT2D eigenvalue weighted by Crippen LogP contribution is 2.38. The predicted octanol–water partition coefficient (Wildman–Crippen LogP) is 3.64. The van der Waals surface area contributed by atoms with Crippen LogP contribution in [0.25, 0.3) is 0 Å². The van der Waals surface area contributed by atoms with Crippen molar-refractivity contribution in [1.82, 2.24) is 9.80 Å². The molecule has 0 aromatic heterocycles. The van der Waals surface area contributed by atoms with Gasteiger partial charge in [-0.1, -0.05) is 31.2 Å². The van der Waals surface area contributed by atoms with E-state index in [1.165, 1.54) is 4.90 Å². The zero-order valence-corrected chi connectivity index (χ0v) is 15.1. The molecule has 2 aliphatic heterocycles. The second-order valence-corrected chi connectivity index (χ2v) is 7.13. The lowest BCUT2D eigenvalue weighted by Crippen LogP contribution is -2.56. The van der Waals surface area contributed by atoms with Crippen molar-refractivity contribution >= 4 is 17.6 Å². The number of benzene rings is 2. The van der Waals surface area contributed by atoms with Crippen LogP contribution in [0.2, 0.25) is 0 Å². The molecule has 146 valence electrons. The molecule has 5 nitrogen and oxygen atoms in total. The summed E-state index contributed by atoms with van der Waals surface area (Å²) in [6.07, 6.45) is 0. The molecule has 1 fully saturated rings. The van der Waals surface area contributed by atoms with E-state index in [4.69, 9.17) is 0 Å². The van der Waals surface area contributed by atoms with E-state index in [2.05, 4.69) is 5.32 Å². The highest BCUT2D eigenvalue weighted by molar-refractivity contribution is 5.93. The lowest BCUT2D eigenvalue weighted by Gasteiger charge is -2.46. The Morgan fingerprint density at radius 2 is 1.75 bits per heavy atom. The summed E-state index contributed by atoms with van der Waals surface area (Å²) in [6.45, 7) is 2.68. The maximum Gasteiger partial charge on any atom is 0.322 e. The quantitative estimate of drug-likeness (QED) is 0.758. The van der Waals surface area contributed by atoms with Crippen molar-refractivity contribution in [2.45, 2.75) is 18.9 Å². The molecule has 28 heavy (non-hydrogen) atoms. The molecule has 0 radical (unpaired) electrons. The van der Waals surface area contributed by atoms with E-state index in [9.17, 15) is 22.8 Å². The van der Waals surface area contributed by atoms with Crippen molar-refractivity contribution in [2.75, 3.05) is 25.0 Å². The van der Waals surface area contributed by atoms with Crippen LogP contribution in [0.4, 0.5) is 23.7 Å². The normalized spacial score (nSPS) is 21.2. The molecule has 0 saturated carbocycles. The van der Waals surface area contributed by atoms with Crippen LogP contribution in [-0.2, 0) is 4.79 Å². The molecule has 2 aromatic carbocycles. The van der Waals surface area contributed by atoms with Crippen LogP contribution < -0.4 is 5.32 Å². The third-order valence-electron chi connectivity index (χ3n) is 5.34. The van der Waals surface area contributed by atoms with Crippen LogP contribution in [-0.4, -0.2) is 41.4 Å². The first-order valence-electron chi connectivity index (χ1n) is 8.94. The fraction of sp³-hybridized carbons (Fsp3) is 0.300. The van der Waals surface area contributed by atoms with E-state index in [0.717, 1.165) is 23.3 Å². The summed E-state index contributed by atoms with van der Waals surface area (Å²) in [6, 6.07) is 8.41. The molecule has 2 aromatic rings. The van der Waals surface area contributed by atoms with Gasteiger partial charge >= 0.3 is 6.03 Å². The molecule has 4 rings (SSSR count). The maximum absolute atomic E-state index is 13.9. The molecule has 2 aliphatic rings. The number of piperazine rings is 1. The number of nitrogens with one attached hydrogen (secondary N) is 1. The van der Waals surface area contributed by atoms with Gasteiger partial charge in [0, 0.05) is 13.1 Å². The van der Waals surface area contributed by atoms with Crippen molar-refractivity contribution < 1.29 is 22.8 Å². The van der Waals surface area contributed by atoms with Gasteiger partial charge in [-0.15, -0.1) is 0 Å². The first-order valence-corrected chi connectivity index (χ1v) is 8.94. The van der Waals surface area contributed by atoms with Crippen molar-refractivity contribution in [3.05, 3.63) is 65.0 Å². The van der Waals surface area contributed by atoms with E-state index in [-0.39, 0.29) is 31.0 Å². The Morgan fingerprint density at radius 3 is 2.50 bits per heavy atom. The molecule has 0 unspecified atom stereocenters. The van der Waals surface area contributed by atoms with Gasteiger partial charge in [0.1, 0.15) is 6.54 Å². The highest BCUT2D eigenvalue weighted by atomic mass is 19.2. The summed E-state index contributed by atoms with van der Waals surface area (Å²) < 4.78 is 40.3. The van der Waals surface area contributed by atoms with Gasteiger partial charge in [0.05, 0.1) is 11.7 Å². The van der Waals surface area contributed by atoms with Gasteiger partial charge in [0.15, 0.2) is 17.5 Å². The topological polar surface area (TPSA) is 52.7 Å². The van der Waals surface area contributed by atoms with Crippen LogP contribution in [0, 0.1) is 17.5 Å². The molecule has 0 aliphatic carbocycles. The summed E-state index contributed by atoms with van der Waals surface area (Å²) in [5, 5.41) is 2.23. The first kappa shape index (κ1) is 18.3. The van der Waals surface area contributed by atoms with Crippen molar-refractivity contribution in [3.63, 3.8) is 0 Å². The Hall–Kier alpha value is -3.03. The standard InChI is InChI=1S/C20H18F3N3O2/c1-11-8-26-16(13-5-3-2-4-12(11)13)9-25(10-17(26)27)20(28)24-15-7-6-14(21)18(22)19(15)23/h2-7,11,16H,8-10H2,1H3,(H,24,28)/t11-,16+/m1/s1. The minimum atomic E-state index is -1.66. The molecule has 1 N–H and O–H groups in total. The number of carbonyl (C=O) groups excluding carboxylic acids is 2. The van der Waals surface area contributed by atoms with Crippen LogP contribution in [0.15, 0.2) is 36.4 Å². The molecule has 1 saturated heterocycles. The number of urea groups is 1. The second-order valence-electron chi connectivity index (χ2n) is 7.13. The van der Waals surface area contributed by atoms with Crippen molar-refractivity contribution in [1.29, 1.82) is 0 Å². The van der Waals surface area contributed by atoms with E-state index in [0.29, 0.717) is 6.54 Å². The lowest BCUT2D eigenvalue weighted by molar-refractivity contribution is -0.139. The summed E-state index contributed by atoms with van der Waals surface area (Å²) in [7, 11) is 0. The number of hydrogen-bond acceptors (Lipinski definition) is 2. The Balaban J connectivity index is 1.58. The van der Waals surface area contributed by atoms with Crippen LogP contribution in [0.1, 0.15) is 30.0 Å². The number of carbonyl (C=O) groups is 2. The van der Waals surface area contributed by atoms with Crippen molar-refractivity contribution in [3.8, 4) is 0 Å². The molecule has 0 spiro atoms. The molecule has 0 bridgehead atoms. The van der Waals surface area contributed by atoms with Gasteiger partial charge in [0.2, 0.25) is 5.91 Å². The van der Waals surface area contributed by atoms with Gasteiger partial charge in [-0.2, -0.15) is 0 Å². The molecule has 2 atom stereocenters. The van der Waals surface area contributed by atoms with Gasteiger partial charge in [-0.25, -0.2) is 18.0 Å². The monoisotopic (exact) mass is 389 g/mol. The van der Waals surface area contributed by atoms with E-state index in [1.54, 1.807) is 4.90 Å². The summed E-state index contributed by atoms with van der Waals surface area (Å²) in [5.74, 6) is -4.50. The minimum Gasteiger partial charge on any atom is -0.332 e. The Bertz CT molecular complexity index is 966. The summed E-state index contributed by atoms with van der Waals surface area (Å²) in [4.78, 5) is 28.2. The third-order valence-corrected chi connectivity index (χ3v) is 5.34. The highest BCUT2D eigenvalue weighted by Gasteiger charge is 2.40. The summed E-state index contributed by atoms with van der Waals surface area (Å²) >= 11 is 0. The van der Waals surface area contributed by atoms with Gasteiger partial charge in [-0.3, -0.25) is 4.79 Å². The van der Waals surface area contributed by atoms with E-state index >= 15 is 0 Å². The third kappa shape index (κ3) is 2.98. The summed E-state index contributed by atoms with van der Waals surface area (Å²) in [5.41, 5.74) is 1.63. The van der Waals surface area contributed by atoms with Gasteiger partial charge < -0.3 is 15.1 Å². The number of nitrogens with zero attached hydrogens (tertiary/aromatic N) is 2. The Kier molecular flexibility index (Phi) is 4.49. The smallest absolute Gasteiger partial charge is 0.322 e. The lowest BCUT2D eigenvalue weighted by atomic mass is 9.85. The fourth-order valence-electron chi connectivity index (χ4n) is 3.92. The van der Waals surface area contributed by atoms with Gasteiger partial charge in [-0.05, 0) is 29.2 Å². The number of fused-ring (bicyclic) bond motifs is 3. The molecule has 8 heteroatoms. The Labute approximate surface area is 159 Å². The average molecular weight is 389 g/mol. The second kappa shape index (κ2) is 6.85. The van der Waals surface area contributed by atoms with Gasteiger partial charge in [0.25, 0.3) is 0 Å². The average Bonchev–Trinajstić information content (AvgIpc) is 2.69. The predicted molar refractivity (Wildman–Crippen MR) is 96.2 cm³/mol. The first-order chi connectivity index (χ1) is 13.4. The van der Waals surface area contributed by atoms with Crippen LogP contribution in [0.5, 0.6) is 0 Å². The molecule has 2 heterocycles. The van der Waals surface area contributed by atoms with Crippen LogP contribution in [0.3, 0.4) is 0 Å². The molecular formula is C20H18F3N3O2. The number of rotatable bonds is 1. The number of halogens is 3. The van der Waals surface area contributed by atoms with E-state index < -0.39 is 29.2 Å². The molecular weight excluding hydrogens is 371 g/mol.